The average Bonchev–Trinajstić information content (AvgIpc) is 3.08. The molecule has 132 valence electrons. The highest BCUT2D eigenvalue weighted by atomic mass is 16.7. The van der Waals surface area contributed by atoms with E-state index in [1.165, 1.54) is 6.33 Å². The molecule has 9 heteroatoms. The first-order chi connectivity index (χ1) is 12.1. The van der Waals surface area contributed by atoms with Crippen LogP contribution in [-0.4, -0.2) is 34.8 Å². The molecule has 0 saturated carbocycles. The monoisotopic (exact) mass is 345 g/mol. The molecule has 1 N–H and O–H groups in total. The van der Waals surface area contributed by atoms with Crippen molar-refractivity contribution in [3.05, 3.63) is 40.2 Å². The van der Waals surface area contributed by atoms with E-state index in [9.17, 15) is 10.1 Å². The second-order valence-electron chi connectivity index (χ2n) is 5.37. The Morgan fingerprint density at radius 3 is 2.72 bits per heavy atom. The topological polar surface area (TPSA) is 103 Å². The van der Waals surface area contributed by atoms with Gasteiger partial charge in [0.05, 0.1) is 4.92 Å². The zero-order chi connectivity index (χ0) is 17.8. The molecule has 0 amide bonds. The predicted octanol–water partition coefficient (Wildman–Crippen LogP) is 2.57. The Kier molecular flexibility index (Phi) is 4.82. The Balaban J connectivity index is 1.84. The van der Waals surface area contributed by atoms with Gasteiger partial charge in [0.25, 0.3) is 0 Å². The molecular formula is C16H19N5O4. The highest BCUT2D eigenvalue weighted by Crippen LogP contribution is 2.34. The van der Waals surface area contributed by atoms with Crippen molar-refractivity contribution in [2.75, 3.05) is 30.1 Å². The first-order valence-corrected chi connectivity index (χ1v) is 8.00. The molecule has 0 fully saturated rings. The molecule has 9 nitrogen and oxygen atoms in total. The van der Waals surface area contributed by atoms with Crippen LogP contribution < -0.4 is 19.7 Å². The lowest BCUT2D eigenvalue weighted by atomic mass is 10.2. The summed E-state index contributed by atoms with van der Waals surface area (Å²) in [7, 11) is 0. The molecule has 25 heavy (non-hydrogen) atoms. The third-order valence-electron chi connectivity index (χ3n) is 3.95. The van der Waals surface area contributed by atoms with Crippen molar-refractivity contribution in [2.24, 2.45) is 0 Å². The zero-order valence-electron chi connectivity index (χ0n) is 14.1. The normalized spacial score (nSPS) is 12.1. The van der Waals surface area contributed by atoms with E-state index in [0.717, 1.165) is 5.56 Å². The third-order valence-corrected chi connectivity index (χ3v) is 3.95. The van der Waals surface area contributed by atoms with Gasteiger partial charge in [0.2, 0.25) is 18.4 Å². The molecule has 0 bridgehead atoms. The lowest BCUT2D eigenvalue weighted by Gasteiger charge is -2.20. The van der Waals surface area contributed by atoms with Crippen molar-refractivity contribution in [3.63, 3.8) is 0 Å². The van der Waals surface area contributed by atoms with Gasteiger partial charge in [-0.1, -0.05) is 6.07 Å². The number of hydrogen-bond acceptors (Lipinski definition) is 8. The number of hydrogen-bond donors (Lipinski definition) is 1. The molecule has 0 radical (unpaired) electrons. The number of anilines is 2. The third kappa shape index (κ3) is 3.39. The smallest absolute Gasteiger partial charge is 0.353 e. The van der Waals surface area contributed by atoms with Crippen molar-refractivity contribution >= 4 is 17.3 Å². The molecule has 1 aliphatic rings. The predicted molar refractivity (Wildman–Crippen MR) is 92.1 cm³/mol. The molecule has 2 heterocycles. The van der Waals surface area contributed by atoms with E-state index in [-0.39, 0.29) is 18.3 Å². The SMILES string of the molecule is CCN(CC)c1ncnc(NCc2ccc3c(c2)OCO3)c1[N+](=O)[O-]. The molecular weight excluding hydrogens is 326 g/mol. The summed E-state index contributed by atoms with van der Waals surface area (Å²) >= 11 is 0. The van der Waals surface area contributed by atoms with Crippen LogP contribution in [0, 0.1) is 10.1 Å². The van der Waals surface area contributed by atoms with Gasteiger partial charge < -0.3 is 19.7 Å². The van der Waals surface area contributed by atoms with E-state index in [1.54, 1.807) is 0 Å². The number of nitrogens with one attached hydrogen (secondary N) is 1. The first-order valence-electron chi connectivity index (χ1n) is 8.00. The van der Waals surface area contributed by atoms with Gasteiger partial charge in [-0.2, -0.15) is 0 Å². The van der Waals surface area contributed by atoms with Crippen LogP contribution in [0.15, 0.2) is 24.5 Å². The minimum absolute atomic E-state index is 0.119. The Hall–Kier alpha value is -3.10. The largest absolute Gasteiger partial charge is 0.454 e. The van der Waals surface area contributed by atoms with Crippen molar-refractivity contribution in [3.8, 4) is 11.5 Å². The maximum absolute atomic E-state index is 11.6. The van der Waals surface area contributed by atoms with Crippen LogP contribution in [0.3, 0.4) is 0 Å². The molecule has 0 aliphatic carbocycles. The Labute approximate surface area is 144 Å². The van der Waals surface area contributed by atoms with Crippen molar-refractivity contribution in [1.29, 1.82) is 0 Å². The maximum Gasteiger partial charge on any atom is 0.353 e. The van der Waals surface area contributed by atoms with Crippen LogP contribution in [0.5, 0.6) is 11.5 Å². The van der Waals surface area contributed by atoms with Gasteiger partial charge in [-0.15, -0.1) is 0 Å². The molecule has 1 aromatic heterocycles. The van der Waals surface area contributed by atoms with Crippen LogP contribution >= 0.6 is 0 Å². The van der Waals surface area contributed by atoms with E-state index in [4.69, 9.17) is 9.47 Å². The summed E-state index contributed by atoms with van der Waals surface area (Å²) < 4.78 is 10.6. The summed E-state index contributed by atoms with van der Waals surface area (Å²) in [6, 6.07) is 5.53. The second kappa shape index (κ2) is 7.20. The zero-order valence-corrected chi connectivity index (χ0v) is 14.1. The molecule has 0 atom stereocenters. The molecule has 0 unspecified atom stereocenters. The van der Waals surface area contributed by atoms with Crippen molar-refractivity contribution < 1.29 is 14.4 Å². The van der Waals surface area contributed by atoms with Crippen molar-refractivity contribution in [2.45, 2.75) is 20.4 Å². The fourth-order valence-corrected chi connectivity index (χ4v) is 2.66. The minimum atomic E-state index is -0.449. The van der Waals surface area contributed by atoms with Crippen LogP contribution in [0.2, 0.25) is 0 Å². The summed E-state index contributed by atoms with van der Waals surface area (Å²) in [5.41, 5.74) is 0.786. The number of rotatable bonds is 7. The van der Waals surface area contributed by atoms with Crippen LogP contribution in [0.25, 0.3) is 0 Å². The number of aromatic nitrogens is 2. The molecule has 2 aromatic rings. The standard InChI is InChI=1S/C16H19N5O4/c1-3-20(4-2)16-14(21(22)23)15(18-9-19-16)17-8-11-5-6-12-13(7-11)25-10-24-12/h5-7,9H,3-4,8,10H2,1-2H3,(H,17,18,19). The molecule has 0 spiro atoms. The summed E-state index contributed by atoms with van der Waals surface area (Å²) in [4.78, 5) is 21.1. The second-order valence-corrected chi connectivity index (χ2v) is 5.37. The fraction of sp³-hybridized carbons (Fsp3) is 0.375. The summed E-state index contributed by atoms with van der Waals surface area (Å²) in [5.74, 6) is 1.87. The number of ether oxygens (including phenoxy) is 2. The lowest BCUT2D eigenvalue weighted by molar-refractivity contribution is -0.383. The van der Waals surface area contributed by atoms with E-state index in [1.807, 2.05) is 36.9 Å². The summed E-state index contributed by atoms with van der Waals surface area (Å²) in [6.45, 7) is 5.67. The first kappa shape index (κ1) is 16.7. The van der Waals surface area contributed by atoms with Crippen LogP contribution in [0.4, 0.5) is 17.3 Å². The molecule has 1 aliphatic heterocycles. The fourth-order valence-electron chi connectivity index (χ4n) is 2.66. The van der Waals surface area contributed by atoms with Gasteiger partial charge >= 0.3 is 5.69 Å². The number of nitro groups is 1. The van der Waals surface area contributed by atoms with Crippen LogP contribution in [-0.2, 0) is 6.54 Å². The van der Waals surface area contributed by atoms with Crippen molar-refractivity contribution in [1.82, 2.24) is 9.97 Å². The van der Waals surface area contributed by atoms with E-state index in [2.05, 4.69) is 15.3 Å². The minimum Gasteiger partial charge on any atom is -0.454 e. The number of fused-ring (bicyclic) bond motifs is 1. The lowest BCUT2D eigenvalue weighted by Crippen LogP contribution is -2.24. The van der Waals surface area contributed by atoms with E-state index in [0.29, 0.717) is 37.0 Å². The van der Waals surface area contributed by atoms with Gasteiger partial charge in [0.1, 0.15) is 6.33 Å². The number of benzene rings is 1. The average molecular weight is 345 g/mol. The highest BCUT2D eigenvalue weighted by Gasteiger charge is 2.25. The van der Waals surface area contributed by atoms with Gasteiger partial charge in [0, 0.05) is 19.6 Å². The Morgan fingerprint density at radius 2 is 2.00 bits per heavy atom. The van der Waals surface area contributed by atoms with Crippen LogP contribution in [0.1, 0.15) is 19.4 Å². The Morgan fingerprint density at radius 1 is 1.24 bits per heavy atom. The van der Waals surface area contributed by atoms with E-state index < -0.39 is 4.92 Å². The summed E-state index contributed by atoms with van der Waals surface area (Å²) in [6.07, 6.45) is 1.34. The number of nitrogens with zero attached hydrogens (tertiary/aromatic N) is 4. The molecule has 3 rings (SSSR count). The van der Waals surface area contributed by atoms with Gasteiger partial charge in [0.15, 0.2) is 11.5 Å². The van der Waals surface area contributed by atoms with Gasteiger partial charge in [-0.05, 0) is 31.5 Å². The van der Waals surface area contributed by atoms with E-state index >= 15 is 0 Å². The molecule has 0 saturated heterocycles. The highest BCUT2D eigenvalue weighted by molar-refractivity contribution is 5.70. The summed E-state index contributed by atoms with van der Waals surface area (Å²) in [5, 5.41) is 14.6. The van der Waals surface area contributed by atoms with Gasteiger partial charge in [-0.25, -0.2) is 9.97 Å². The Bertz CT molecular complexity index is 779. The maximum atomic E-state index is 11.6. The quantitative estimate of drug-likeness (QED) is 0.603. The van der Waals surface area contributed by atoms with Gasteiger partial charge in [-0.3, -0.25) is 10.1 Å². The molecule has 1 aromatic carbocycles.